The molecule has 2 aromatic carbocycles. The van der Waals surface area contributed by atoms with Gasteiger partial charge >= 0.3 is 0 Å². The van der Waals surface area contributed by atoms with Crippen LogP contribution in [0.4, 0.5) is 10.1 Å². The summed E-state index contributed by atoms with van der Waals surface area (Å²) in [4.78, 5) is 14.4. The van der Waals surface area contributed by atoms with Crippen LogP contribution in [-0.2, 0) is 11.2 Å². The van der Waals surface area contributed by atoms with Gasteiger partial charge < -0.3 is 10.0 Å². The number of hydrogen-bond donors (Lipinski definition) is 1. The molecule has 0 radical (unpaired) electrons. The Hall–Kier alpha value is -1.91. The number of piperidine rings is 1. The van der Waals surface area contributed by atoms with Gasteiger partial charge in [0.15, 0.2) is 0 Å². The van der Waals surface area contributed by atoms with Crippen LogP contribution in [0.3, 0.4) is 0 Å². The number of amides is 1. The summed E-state index contributed by atoms with van der Waals surface area (Å²) in [5.41, 5.74) is 0.227. The second-order valence-electron chi connectivity index (χ2n) is 6.56. The number of benzene rings is 2. The molecule has 1 amide bonds. The molecule has 2 aromatic rings. The number of para-hydroxylation sites is 1. The summed E-state index contributed by atoms with van der Waals surface area (Å²) in [6, 6.07) is 13.8. The van der Waals surface area contributed by atoms with Gasteiger partial charge in [-0.05, 0) is 68.0 Å². The van der Waals surface area contributed by atoms with Crippen molar-refractivity contribution >= 4 is 23.2 Å². The van der Waals surface area contributed by atoms with Crippen molar-refractivity contribution in [3.8, 4) is 0 Å². The molecule has 1 atom stereocenters. The molecule has 1 N–H and O–H groups in total. The van der Waals surface area contributed by atoms with E-state index in [1.54, 1.807) is 11.0 Å². The zero-order valence-electron chi connectivity index (χ0n) is 13.9. The van der Waals surface area contributed by atoms with Crippen molar-refractivity contribution in [2.75, 3.05) is 11.4 Å². The quantitative estimate of drug-likeness (QED) is 0.859. The van der Waals surface area contributed by atoms with E-state index in [0.29, 0.717) is 37.3 Å². The topological polar surface area (TPSA) is 40.5 Å². The molecule has 0 bridgehead atoms. The zero-order valence-corrected chi connectivity index (χ0v) is 14.7. The lowest BCUT2D eigenvalue weighted by Gasteiger charge is -2.38. The molecular formula is C20H21ClFNO2. The lowest BCUT2D eigenvalue weighted by molar-refractivity contribution is -0.140. The number of hydrogen-bond acceptors (Lipinski definition) is 2. The number of aryl methyl sites for hydroxylation is 1. The largest absolute Gasteiger partial charge is 0.380 e. The fourth-order valence-electron chi connectivity index (χ4n) is 3.42. The van der Waals surface area contributed by atoms with Gasteiger partial charge in [-0.3, -0.25) is 4.79 Å². The number of nitrogens with zero attached hydrogens (tertiary/aromatic N) is 1. The first-order chi connectivity index (χ1) is 12.0. The Morgan fingerprint density at radius 3 is 2.68 bits per heavy atom. The summed E-state index contributed by atoms with van der Waals surface area (Å²) in [5, 5.41) is 11.2. The molecule has 1 unspecified atom stereocenters. The Morgan fingerprint density at radius 2 is 1.96 bits per heavy atom. The van der Waals surface area contributed by atoms with Gasteiger partial charge in [-0.2, -0.15) is 0 Å². The second-order valence-corrected chi connectivity index (χ2v) is 7.00. The Bertz CT molecular complexity index is 732. The maximum Gasteiger partial charge on any atom is 0.258 e. The highest BCUT2D eigenvalue weighted by Gasteiger charge is 2.41. The molecule has 3 rings (SSSR count). The summed E-state index contributed by atoms with van der Waals surface area (Å²) in [6.07, 6.45) is 2.72. The van der Waals surface area contributed by atoms with Crippen LogP contribution < -0.4 is 4.90 Å². The van der Waals surface area contributed by atoms with Crippen molar-refractivity contribution in [1.82, 2.24) is 0 Å². The van der Waals surface area contributed by atoms with E-state index >= 15 is 0 Å². The Balaban J connectivity index is 1.65. The smallest absolute Gasteiger partial charge is 0.258 e. The van der Waals surface area contributed by atoms with E-state index in [9.17, 15) is 14.3 Å². The van der Waals surface area contributed by atoms with Crippen LogP contribution in [-0.4, -0.2) is 23.2 Å². The molecule has 1 heterocycles. The summed E-state index contributed by atoms with van der Waals surface area (Å²) in [7, 11) is 0. The Morgan fingerprint density at radius 1 is 1.20 bits per heavy atom. The number of rotatable bonds is 5. The minimum Gasteiger partial charge on any atom is -0.380 e. The van der Waals surface area contributed by atoms with Crippen LogP contribution in [0.15, 0.2) is 48.5 Å². The summed E-state index contributed by atoms with van der Waals surface area (Å²) >= 11 is 5.87. The van der Waals surface area contributed by atoms with Crippen molar-refractivity contribution in [3.05, 3.63) is 64.9 Å². The molecule has 0 spiro atoms. The second kappa shape index (κ2) is 7.54. The van der Waals surface area contributed by atoms with Gasteiger partial charge in [0.1, 0.15) is 11.4 Å². The predicted molar refractivity (Wildman–Crippen MR) is 97.3 cm³/mol. The maximum atomic E-state index is 13.4. The number of carbonyl (C=O) groups excluding carboxylic acids is 1. The van der Waals surface area contributed by atoms with Crippen LogP contribution in [0.5, 0.6) is 0 Å². The van der Waals surface area contributed by atoms with E-state index in [1.807, 2.05) is 30.3 Å². The van der Waals surface area contributed by atoms with Crippen molar-refractivity contribution in [3.63, 3.8) is 0 Å². The fraction of sp³-hybridized carbons (Fsp3) is 0.350. The average Bonchev–Trinajstić information content (AvgIpc) is 2.57. The number of carbonyl (C=O) groups is 1. The highest BCUT2D eigenvalue weighted by atomic mass is 35.5. The summed E-state index contributed by atoms with van der Waals surface area (Å²) < 4.78 is 13.4. The summed E-state index contributed by atoms with van der Waals surface area (Å²) in [6.45, 7) is 0.616. The van der Waals surface area contributed by atoms with Crippen LogP contribution in [0.25, 0.3) is 0 Å². The highest BCUT2D eigenvalue weighted by molar-refractivity contribution is 6.30. The molecule has 1 fully saturated rings. The van der Waals surface area contributed by atoms with Gasteiger partial charge in [-0.15, -0.1) is 0 Å². The van der Waals surface area contributed by atoms with Crippen LogP contribution in [0.2, 0.25) is 5.02 Å². The first kappa shape index (κ1) is 17.9. The highest BCUT2D eigenvalue weighted by Crippen LogP contribution is 2.31. The molecule has 1 aliphatic rings. The van der Waals surface area contributed by atoms with E-state index in [0.717, 1.165) is 17.7 Å². The minimum absolute atomic E-state index is 0.248. The molecule has 1 aliphatic heterocycles. The van der Waals surface area contributed by atoms with Gasteiger partial charge in [0, 0.05) is 17.3 Å². The van der Waals surface area contributed by atoms with Gasteiger partial charge in [-0.1, -0.05) is 29.8 Å². The van der Waals surface area contributed by atoms with Gasteiger partial charge in [0.25, 0.3) is 5.91 Å². The van der Waals surface area contributed by atoms with Crippen molar-refractivity contribution in [2.45, 2.75) is 37.7 Å². The minimum atomic E-state index is -1.36. The van der Waals surface area contributed by atoms with E-state index in [1.165, 1.54) is 12.1 Å². The summed E-state index contributed by atoms with van der Waals surface area (Å²) in [5.74, 6) is -0.618. The monoisotopic (exact) mass is 361 g/mol. The van der Waals surface area contributed by atoms with Crippen LogP contribution in [0.1, 0.15) is 31.2 Å². The molecule has 0 aromatic heterocycles. The molecule has 25 heavy (non-hydrogen) atoms. The molecule has 5 heteroatoms. The van der Waals surface area contributed by atoms with Gasteiger partial charge in [0.2, 0.25) is 0 Å². The standard InChI is InChI=1S/C20H21ClFNO2/c21-16-12-15(13-17(22)14-16)6-4-9-20(25)10-5-11-23(19(20)24)18-7-2-1-3-8-18/h1-3,7-8,12-14,25H,4-6,9-11H2. The van der Waals surface area contributed by atoms with Crippen molar-refractivity contribution < 1.29 is 14.3 Å². The average molecular weight is 362 g/mol. The van der Waals surface area contributed by atoms with Crippen molar-refractivity contribution in [2.24, 2.45) is 0 Å². The van der Waals surface area contributed by atoms with Crippen LogP contribution >= 0.6 is 11.6 Å². The number of aliphatic hydroxyl groups is 1. The maximum absolute atomic E-state index is 13.4. The third-order valence-corrected chi connectivity index (χ3v) is 4.88. The lowest BCUT2D eigenvalue weighted by atomic mass is 9.86. The molecule has 1 saturated heterocycles. The fourth-order valence-corrected chi connectivity index (χ4v) is 3.66. The zero-order chi connectivity index (χ0) is 17.9. The van der Waals surface area contributed by atoms with Crippen LogP contribution in [0, 0.1) is 5.82 Å². The third-order valence-electron chi connectivity index (χ3n) is 4.66. The Kier molecular flexibility index (Phi) is 5.40. The van der Waals surface area contributed by atoms with E-state index in [4.69, 9.17) is 11.6 Å². The molecule has 3 nitrogen and oxygen atoms in total. The first-order valence-corrected chi connectivity index (χ1v) is 8.90. The Labute approximate surface area is 152 Å². The van der Waals surface area contributed by atoms with Gasteiger partial charge in [-0.25, -0.2) is 4.39 Å². The van der Waals surface area contributed by atoms with E-state index in [-0.39, 0.29) is 11.7 Å². The molecular weight excluding hydrogens is 341 g/mol. The molecule has 0 saturated carbocycles. The molecule has 132 valence electrons. The first-order valence-electron chi connectivity index (χ1n) is 8.52. The molecule has 0 aliphatic carbocycles. The van der Waals surface area contributed by atoms with E-state index in [2.05, 4.69) is 0 Å². The van der Waals surface area contributed by atoms with Crippen molar-refractivity contribution in [1.29, 1.82) is 0 Å². The number of halogens is 2. The third kappa shape index (κ3) is 4.20. The SMILES string of the molecule is O=C1N(c2ccccc2)CCCC1(O)CCCc1cc(F)cc(Cl)c1. The van der Waals surface area contributed by atoms with E-state index < -0.39 is 5.60 Å². The lowest BCUT2D eigenvalue weighted by Crippen LogP contribution is -2.53. The van der Waals surface area contributed by atoms with Gasteiger partial charge in [0.05, 0.1) is 0 Å². The normalized spacial score (nSPS) is 20.8. The predicted octanol–water partition coefficient (Wildman–Crippen LogP) is 4.36. The number of anilines is 1.